The van der Waals surface area contributed by atoms with E-state index in [2.05, 4.69) is 25.6 Å². The maximum absolute atomic E-state index is 13.8. The topological polar surface area (TPSA) is 152 Å². The van der Waals surface area contributed by atoms with Gasteiger partial charge in [0, 0.05) is 35.1 Å². The number of aromatic nitrogens is 3. The van der Waals surface area contributed by atoms with Crippen molar-refractivity contribution in [1.82, 2.24) is 20.3 Å². The first-order valence-corrected chi connectivity index (χ1v) is 15.5. The second-order valence-corrected chi connectivity index (χ2v) is 12.6. The van der Waals surface area contributed by atoms with Crippen LogP contribution < -0.4 is 15.4 Å². The van der Waals surface area contributed by atoms with Gasteiger partial charge in [0.2, 0.25) is 15.8 Å². The van der Waals surface area contributed by atoms with Gasteiger partial charge in [-0.1, -0.05) is 54.1 Å². The van der Waals surface area contributed by atoms with Gasteiger partial charge in [-0.15, -0.1) is 0 Å². The molecule has 224 valence electrons. The number of methoxy groups -OCH3 is 1. The second-order valence-electron chi connectivity index (χ2n) is 10.3. The molecule has 0 saturated carbocycles. The summed E-state index contributed by atoms with van der Waals surface area (Å²) < 4.78 is 33.3. The van der Waals surface area contributed by atoms with Gasteiger partial charge in [-0.2, -0.15) is 0 Å². The molecule has 1 unspecified atom stereocenters. The summed E-state index contributed by atoms with van der Waals surface area (Å²) in [5.41, 5.74) is 2.50. The van der Waals surface area contributed by atoms with Gasteiger partial charge in [0.1, 0.15) is 10.8 Å². The molecule has 6 rings (SSSR count). The number of hydrogen-bond acceptors (Lipinski definition) is 9. The SMILES string of the molecule is COc1cc(C2=CCNC(C)C2)c([N+](=O)[O-])cc1Nc1ncc(Cl)c(-c2c(S(=O)(=O)c3ccccc3)[nH]c3ccccc23)n1. The quantitative estimate of drug-likeness (QED) is 0.128. The normalized spacial score (nSPS) is 15.2. The molecule has 44 heavy (non-hydrogen) atoms. The summed E-state index contributed by atoms with van der Waals surface area (Å²) in [4.78, 5) is 23.8. The molecule has 0 fully saturated rings. The Morgan fingerprint density at radius 1 is 1.11 bits per heavy atom. The number of para-hydroxylation sites is 1. The van der Waals surface area contributed by atoms with E-state index in [0.29, 0.717) is 35.2 Å². The van der Waals surface area contributed by atoms with Crippen molar-refractivity contribution >= 4 is 55.2 Å². The van der Waals surface area contributed by atoms with Crippen LogP contribution in [0.1, 0.15) is 18.9 Å². The van der Waals surface area contributed by atoms with Crippen molar-refractivity contribution in [2.75, 3.05) is 19.0 Å². The molecule has 0 spiro atoms. The summed E-state index contributed by atoms with van der Waals surface area (Å²) in [6.07, 6.45) is 3.91. The van der Waals surface area contributed by atoms with Gasteiger partial charge in [-0.05, 0) is 43.2 Å². The summed E-state index contributed by atoms with van der Waals surface area (Å²) in [5, 5.41) is 19.1. The summed E-state index contributed by atoms with van der Waals surface area (Å²) in [6.45, 7) is 2.62. The first-order chi connectivity index (χ1) is 21.2. The molecule has 0 amide bonds. The van der Waals surface area contributed by atoms with E-state index in [-0.39, 0.29) is 49.6 Å². The summed E-state index contributed by atoms with van der Waals surface area (Å²) >= 11 is 6.62. The molecule has 1 aliphatic heterocycles. The molecule has 0 bridgehead atoms. The van der Waals surface area contributed by atoms with Crippen LogP contribution in [0, 0.1) is 10.1 Å². The Labute approximate surface area is 258 Å². The number of benzene rings is 3. The van der Waals surface area contributed by atoms with Crippen LogP contribution in [0.4, 0.5) is 17.3 Å². The van der Waals surface area contributed by atoms with Gasteiger partial charge in [0.25, 0.3) is 5.69 Å². The average molecular weight is 631 g/mol. The number of sulfone groups is 1. The van der Waals surface area contributed by atoms with E-state index in [1.807, 2.05) is 13.0 Å². The lowest BCUT2D eigenvalue weighted by molar-refractivity contribution is -0.385. The highest BCUT2D eigenvalue weighted by atomic mass is 35.5. The largest absolute Gasteiger partial charge is 0.495 e. The maximum atomic E-state index is 13.8. The monoisotopic (exact) mass is 630 g/mol. The average Bonchev–Trinajstić information content (AvgIpc) is 3.42. The number of rotatable bonds is 8. The van der Waals surface area contributed by atoms with Gasteiger partial charge in [0.15, 0.2) is 0 Å². The number of nitrogens with zero attached hydrogens (tertiary/aromatic N) is 3. The number of H-pyrrole nitrogens is 1. The zero-order valence-electron chi connectivity index (χ0n) is 23.7. The number of aromatic amines is 1. The summed E-state index contributed by atoms with van der Waals surface area (Å²) in [6, 6.07) is 18.4. The molecule has 3 N–H and O–H groups in total. The van der Waals surface area contributed by atoms with Gasteiger partial charge in [-0.3, -0.25) is 10.1 Å². The van der Waals surface area contributed by atoms with E-state index in [1.165, 1.54) is 31.5 Å². The predicted octanol–water partition coefficient (Wildman–Crippen LogP) is 6.54. The Balaban J connectivity index is 1.47. The number of ether oxygens (including phenoxy) is 1. The molecule has 5 aromatic rings. The molecule has 11 nitrogen and oxygen atoms in total. The van der Waals surface area contributed by atoms with Crippen LogP contribution in [0.5, 0.6) is 5.75 Å². The molecule has 13 heteroatoms. The molecular formula is C31H27ClN6O5S. The summed E-state index contributed by atoms with van der Waals surface area (Å²) in [5.74, 6) is 0.380. The number of nitro groups is 1. The van der Waals surface area contributed by atoms with Crippen LogP contribution in [0.25, 0.3) is 27.7 Å². The van der Waals surface area contributed by atoms with Crippen molar-refractivity contribution in [3.05, 3.63) is 99.7 Å². The van der Waals surface area contributed by atoms with E-state index in [4.69, 9.17) is 16.3 Å². The Morgan fingerprint density at radius 3 is 2.59 bits per heavy atom. The predicted molar refractivity (Wildman–Crippen MR) is 169 cm³/mol. The minimum Gasteiger partial charge on any atom is -0.495 e. The van der Waals surface area contributed by atoms with Gasteiger partial charge in [-0.25, -0.2) is 18.4 Å². The van der Waals surface area contributed by atoms with Gasteiger partial charge >= 0.3 is 0 Å². The minimum absolute atomic E-state index is 0.0350. The fraction of sp³-hybridized carbons (Fsp3) is 0.161. The Hall–Kier alpha value is -4.78. The lowest BCUT2D eigenvalue weighted by atomic mass is 9.94. The van der Waals surface area contributed by atoms with Crippen LogP contribution in [-0.2, 0) is 9.84 Å². The van der Waals surface area contributed by atoms with E-state index in [0.717, 1.165) is 5.57 Å². The van der Waals surface area contributed by atoms with Crippen LogP contribution in [0.3, 0.4) is 0 Å². The molecule has 1 atom stereocenters. The van der Waals surface area contributed by atoms with E-state index in [9.17, 15) is 18.5 Å². The van der Waals surface area contributed by atoms with Crippen molar-refractivity contribution in [1.29, 1.82) is 0 Å². The lowest BCUT2D eigenvalue weighted by Gasteiger charge is -2.22. The highest BCUT2D eigenvalue weighted by Gasteiger charge is 2.29. The van der Waals surface area contributed by atoms with E-state index < -0.39 is 14.8 Å². The van der Waals surface area contributed by atoms with E-state index >= 15 is 0 Å². The van der Waals surface area contributed by atoms with Crippen molar-refractivity contribution in [3.63, 3.8) is 0 Å². The Morgan fingerprint density at radius 2 is 1.86 bits per heavy atom. The third-order valence-corrected chi connectivity index (χ3v) is 9.44. The van der Waals surface area contributed by atoms with Crippen LogP contribution in [0.2, 0.25) is 5.02 Å². The van der Waals surface area contributed by atoms with Gasteiger partial charge < -0.3 is 20.4 Å². The van der Waals surface area contributed by atoms with Crippen molar-refractivity contribution in [2.24, 2.45) is 0 Å². The molecule has 2 aromatic heterocycles. The summed E-state index contributed by atoms with van der Waals surface area (Å²) in [7, 11) is -2.54. The fourth-order valence-corrected chi connectivity index (χ4v) is 6.98. The Bertz CT molecular complexity index is 2050. The van der Waals surface area contributed by atoms with Crippen LogP contribution >= 0.6 is 11.6 Å². The standard InChI is InChI=1S/C31H27ClN6O5S/c1-18-14-19(12-13-33-18)22-15-27(43-2)25(16-26(22)38(39)40)36-31-34-17-23(32)29(37-31)28-21-10-6-7-11-24(21)35-30(28)44(41,42)20-8-4-3-5-9-20/h3-12,15-18,33,35H,13-14H2,1-2H3,(H,34,36,37). The van der Waals surface area contributed by atoms with Crippen LogP contribution in [0.15, 0.2) is 88.9 Å². The second kappa shape index (κ2) is 11.7. The third-order valence-electron chi connectivity index (χ3n) is 7.42. The number of nitrogens with one attached hydrogen (secondary N) is 3. The molecular weight excluding hydrogens is 604 g/mol. The highest BCUT2D eigenvalue weighted by molar-refractivity contribution is 7.91. The molecule has 3 aromatic carbocycles. The maximum Gasteiger partial charge on any atom is 0.279 e. The highest BCUT2D eigenvalue weighted by Crippen LogP contribution is 2.42. The number of hydrogen-bond donors (Lipinski definition) is 3. The first-order valence-electron chi connectivity index (χ1n) is 13.7. The van der Waals surface area contributed by atoms with Crippen molar-refractivity contribution in [3.8, 4) is 17.0 Å². The van der Waals surface area contributed by atoms with E-state index in [1.54, 1.807) is 48.5 Å². The first kappa shape index (κ1) is 29.3. The smallest absolute Gasteiger partial charge is 0.279 e. The number of halogens is 1. The zero-order valence-corrected chi connectivity index (χ0v) is 25.2. The lowest BCUT2D eigenvalue weighted by Crippen LogP contribution is -2.30. The Kier molecular flexibility index (Phi) is 7.80. The van der Waals surface area contributed by atoms with Gasteiger partial charge in [0.05, 0.1) is 45.1 Å². The number of anilines is 2. The fourth-order valence-electron chi connectivity index (χ4n) is 5.33. The molecule has 0 aliphatic carbocycles. The third kappa shape index (κ3) is 5.39. The minimum atomic E-state index is -4.01. The molecule has 0 radical (unpaired) electrons. The molecule has 1 aliphatic rings. The molecule has 0 saturated heterocycles. The zero-order chi connectivity index (χ0) is 31.0. The van der Waals surface area contributed by atoms with Crippen LogP contribution in [-0.4, -0.2) is 48.0 Å². The van der Waals surface area contributed by atoms with Crippen molar-refractivity contribution in [2.45, 2.75) is 29.3 Å². The number of fused-ring (bicyclic) bond motifs is 1. The van der Waals surface area contributed by atoms with Crippen molar-refractivity contribution < 1.29 is 18.1 Å². The molecule has 3 heterocycles. The number of nitro benzene ring substituents is 1.